The van der Waals surface area contributed by atoms with E-state index in [1.165, 1.54) is 6.07 Å². The van der Waals surface area contributed by atoms with Crippen LogP contribution < -0.4 is 21.8 Å². The highest BCUT2D eigenvalue weighted by molar-refractivity contribution is 6.58. The van der Waals surface area contributed by atoms with E-state index in [0.717, 1.165) is 6.42 Å². The third-order valence-electron chi connectivity index (χ3n) is 4.08. The van der Waals surface area contributed by atoms with Gasteiger partial charge in [0.05, 0.1) is 0 Å². The van der Waals surface area contributed by atoms with Gasteiger partial charge in [-0.15, -0.1) is 0 Å². The summed E-state index contributed by atoms with van der Waals surface area (Å²) < 4.78 is 0. The number of nitrogens with one attached hydrogen (secondary N) is 2. The van der Waals surface area contributed by atoms with Crippen LogP contribution in [0.15, 0.2) is 24.3 Å². The first-order valence-electron chi connectivity index (χ1n) is 8.63. The van der Waals surface area contributed by atoms with E-state index in [1.807, 2.05) is 6.92 Å². The van der Waals surface area contributed by atoms with Crippen LogP contribution in [0.4, 0.5) is 5.69 Å². The Hall–Kier alpha value is -1.90. The van der Waals surface area contributed by atoms with Gasteiger partial charge < -0.3 is 26.4 Å². The van der Waals surface area contributed by atoms with Gasteiger partial charge in [0.2, 0.25) is 11.8 Å². The number of carbonyl (C=O) groups is 2. The maximum atomic E-state index is 12.5. The molecule has 0 heterocycles. The normalized spacial score (nSPS) is 13.0. The number of carbonyl (C=O) groups excluding carboxylic acids is 2. The molecule has 1 aromatic carbocycles. The van der Waals surface area contributed by atoms with E-state index in [9.17, 15) is 19.6 Å². The summed E-state index contributed by atoms with van der Waals surface area (Å²) in [4.78, 5) is 24.5. The number of anilines is 1. The second-order valence-electron chi connectivity index (χ2n) is 6.16. The Morgan fingerprint density at radius 3 is 2.60 bits per heavy atom. The van der Waals surface area contributed by atoms with Crippen molar-refractivity contribution in [2.75, 3.05) is 18.4 Å². The van der Waals surface area contributed by atoms with Gasteiger partial charge in [-0.05, 0) is 43.4 Å². The Kier molecular flexibility index (Phi) is 9.19. The molecule has 0 aliphatic heterocycles. The van der Waals surface area contributed by atoms with E-state index in [1.54, 1.807) is 25.1 Å². The minimum Gasteiger partial charge on any atom is -0.423 e. The molecule has 0 spiro atoms. The minimum absolute atomic E-state index is 0.0786. The second-order valence-corrected chi connectivity index (χ2v) is 6.16. The predicted molar refractivity (Wildman–Crippen MR) is 99.1 cm³/mol. The molecule has 8 heteroatoms. The molecule has 25 heavy (non-hydrogen) atoms. The van der Waals surface area contributed by atoms with Crippen LogP contribution in [0.1, 0.15) is 33.1 Å². The van der Waals surface area contributed by atoms with Gasteiger partial charge in [0.25, 0.3) is 0 Å². The zero-order valence-electron chi connectivity index (χ0n) is 14.9. The number of hydrogen-bond acceptors (Lipinski definition) is 5. The van der Waals surface area contributed by atoms with Gasteiger partial charge in [0.15, 0.2) is 0 Å². The van der Waals surface area contributed by atoms with Gasteiger partial charge in [-0.25, -0.2) is 0 Å². The van der Waals surface area contributed by atoms with Crippen molar-refractivity contribution in [3.63, 3.8) is 0 Å². The van der Waals surface area contributed by atoms with Crippen LogP contribution in [0.25, 0.3) is 0 Å². The molecule has 2 amide bonds. The molecule has 6 N–H and O–H groups in total. The van der Waals surface area contributed by atoms with Crippen molar-refractivity contribution in [2.45, 2.75) is 33.1 Å². The van der Waals surface area contributed by atoms with Crippen LogP contribution in [0.5, 0.6) is 0 Å². The maximum Gasteiger partial charge on any atom is 0.488 e. The second kappa shape index (κ2) is 10.9. The molecule has 1 rings (SSSR count). The van der Waals surface area contributed by atoms with Crippen LogP contribution in [0.3, 0.4) is 0 Å². The molecule has 0 aliphatic carbocycles. The van der Waals surface area contributed by atoms with Gasteiger partial charge in [0, 0.05) is 24.1 Å². The average molecular weight is 349 g/mol. The van der Waals surface area contributed by atoms with Crippen molar-refractivity contribution < 1.29 is 19.6 Å². The lowest BCUT2D eigenvalue weighted by atomic mass is 9.80. The smallest absolute Gasteiger partial charge is 0.423 e. The lowest BCUT2D eigenvalue weighted by molar-refractivity contribution is -0.126. The summed E-state index contributed by atoms with van der Waals surface area (Å²) in [7, 11) is -1.59. The van der Waals surface area contributed by atoms with Crippen molar-refractivity contribution in [1.29, 1.82) is 0 Å². The summed E-state index contributed by atoms with van der Waals surface area (Å²) in [6.07, 6.45) is 1.77. The molecule has 2 atom stereocenters. The fourth-order valence-electron chi connectivity index (χ4n) is 2.50. The van der Waals surface area contributed by atoms with Crippen LogP contribution in [0.2, 0.25) is 0 Å². The molecule has 0 radical (unpaired) electrons. The molecule has 0 bridgehead atoms. The minimum atomic E-state index is -1.59. The summed E-state index contributed by atoms with van der Waals surface area (Å²) in [5.41, 5.74) is 6.20. The third kappa shape index (κ3) is 7.25. The van der Waals surface area contributed by atoms with Crippen LogP contribution >= 0.6 is 0 Å². The summed E-state index contributed by atoms with van der Waals surface area (Å²) in [6.45, 7) is 4.77. The van der Waals surface area contributed by atoms with Crippen LogP contribution in [0, 0.1) is 11.8 Å². The Labute approximate surface area is 149 Å². The summed E-state index contributed by atoms with van der Waals surface area (Å²) in [5.74, 6) is -0.851. The fraction of sp³-hybridized carbons (Fsp3) is 0.529. The maximum absolute atomic E-state index is 12.5. The first kappa shape index (κ1) is 21.1. The van der Waals surface area contributed by atoms with Gasteiger partial charge in [0.1, 0.15) is 0 Å². The van der Waals surface area contributed by atoms with E-state index >= 15 is 0 Å². The average Bonchev–Trinajstić information content (AvgIpc) is 2.59. The zero-order chi connectivity index (χ0) is 18.8. The van der Waals surface area contributed by atoms with Crippen molar-refractivity contribution in [1.82, 2.24) is 5.32 Å². The SMILES string of the molecule is CCC(CC(C)C(=O)NCCCN)C(=O)Nc1cccc(B(O)O)c1. The number of benzene rings is 1. The molecule has 138 valence electrons. The zero-order valence-corrected chi connectivity index (χ0v) is 14.9. The lowest BCUT2D eigenvalue weighted by Crippen LogP contribution is -2.34. The van der Waals surface area contributed by atoms with E-state index in [0.29, 0.717) is 37.1 Å². The highest BCUT2D eigenvalue weighted by Crippen LogP contribution is 2.18. The van der Waals surface area contributed by atoms with Crippen molar-refractivity contribution >= 4 is 30.1 Å². The molecule has 0 fully saturated rings. The van der Waals surface area contributed by atoms with Gasteiger partial charge in [-0.2, -0.15) is 0 Å². The molecular weight excluding hydrogens is 321 g/mol. The lowest BCUT2D eigenvalue weighted by Gasteiger charge is -2.19. The van der Waals surface area contributed by atoms with Gasteiger partial charge in [-0.1, -0.05) is 26.0 Å². The molecule has 0 aromatic heterocycles. The standard InChI is InChI=1S/C17H28BN3O4/c1-3-13(10-12(2)16(22)20-9-5-8-19)17(23)21-15-7-4-6-14(11-15)18(24)25/h4,6-7,11-13,24-25H,3,5,8-10,19H2,1-2H3,(H,20,22)(H,21,23). The largest absolute Gasteiger partial charge is 0.488 e. The van der Waals surface area contributed by atoms with E-state index < -0.39 is 7.12 Å². The monoisotopic (exact) mass is 349 g/mol. The molecule has 7 nitrogen and oxygen atoms in total. The molecule has 0 saturated heterocycles. The van der Waals surface area contributed by atoms with Gasteiger partial charge in [-0.3, -0.25) is 9.59 Å². The summed E-state index contributed by atoms with van der Waals surface area (Å²) in [5, 5.41) is 24.0. The Morgan fingerprint density at radius 1 is 1.28 bits per heavy atom. The highest BCUT2D eigenvalue weighted by atomic mass is 16.4. The van der Waals surface area contributed by atoms with Crippen molar-refractivity contribution in [3.8, 4) is 0 Å². The Balaban J connectivity index is 2.62. The first-order chi connectivity index (χ1) is 11.9. The molecular formula is C17H28BN3O4. The topological polar surface area (TPSA) is 125 Å². The number of hydrogen-bond donors (Lipinski definition) is 5. The van der Waals surface area contributed by atoms with Crippen molar-refractivity contribution in [3.05, 3.63) is 24.3 Å². The van der Waals surface area contributed by atoms with Crippen LogP contribution in [-0.2, 0) is 9.59 Å². The number of nitrogens with two attached hydrogens (primary N) is 1. The quantitative estimate of drug-likeness (QED) is 0.296. The van der Waals surface area contributed by atoms with E-state index in [2.05, 4.69) is 10.6 Å². The molecule has 2 unspecified atom stereocenters. The highest BCUT2D eigenvalue weighted by Gasteiger charge is 2.23. The summed E-state index contributed by atoms with van der Waals surface area (Å²) in [6, 6.07) is 6.39. The predicted octanol–water partition coefficient (Wildman–Crippen LogP) is -0.178. The first-order valence-corrected chi connectivity index (χ1v) is 8.63. The number of amides is 2. The summed E-state index contributed by atoms with van der Waals surface area (Å²) >= 11 is 0. The van der Waals surface area contributed by atoms with E-state index in [4.69, 9.17) is 5.73 Å². The Bertz CT molecular complexity index is 569. The van der Waals surface area contributed by atoms with E-state index in [-0.39, 0.29) is 23.7 Å². The fourth-order valence-corrected chi connectivity index (χ4v) is 2.50. The third-order valence-corrected chi connectivity index (χ3v) is 4.08. The number of rotatable bonds is 10. The molecule has 0 aliphatic rings. The molecule has 1 aromatic rings. The molecule has 0 saturated carbocycles. The van der Waals surface area contributed by atoms with Crippen LogP contribution in [-0.4, -0.2) is 42.1 Å². The van der Waals surface area contributed by atoms with Crippen molar-refractivity contribution in [2.24, 2.45) is 17.6 Å². The Morgan fingerprint density at radius 2 is 2.00 bits per heavy atom. The van der Waals surface area contributed by atoms with Gasteiger partial charge >= 0.3 is 7.12 Å².